The monoisotopic (exact) mass is 323 g/mol. The van der Waals surface area contributed by atoms with Gasteiger partial charge in [0, 0.05) is 24.2 Å². The third-order valence-electron chi connectivity index (χ3n) is 4.67. The van der Waals surface area contributed by atoms with Crippen LogP contribution in [0.25, 0.3) is 11.3 Å². The van der Waals surface area contributed by atoms with Crippen molar-refractivity contribution >= 4 is 17.8 Å². The molecule has 2 fully saturated rings. The summed E-state index contributed by atoms with van der Waals surface area (Å²) in [6.45, 7) is 0. The summed E-state index contributed by atoms with van der Waals surface area (Å²) >= 11 is 0. The summed E-state index contributed by atoms with van der Waals surface area (Å²) in [5.74, 6) is -0.489. The third kappa shape index (κ3) is 2.51. The molecule has 1 N–H and O–H groups in total. The topological polar surface area (TPSA) is 88.1 Å². The lowest BCUT2D eigenvalue weighted by Gasteiger charge is -2.19. The number of amides is 2. The Balaban J connectivity index is 1.57. The number of anilines is 1. The summed E-state index contributed by atoms with van der Waals surface area (Å²) in [6, 6.07) is 5.47. The normalized spacial score (nSPS) is 23.2. The Morgan fingerprint density at radius 1 is 1.04 bits per heavy atom. The lowest BCUT2D eigenvalue weighted by atomic mass is 9.81. The summed E-state index contributed by atoms with van der Waals surface area (Å²) in [4.78, 5) is 37.6. The Bertz CT molecular complexity index is 756. The van der Waals surface area contributed by atoms with Gasteiger partial charge in [-0.15, -0.1) is 0 Å². The first kappa shape index (κ1) is 14.7. The average Bonchev–Trinajstić information content (AvgIpc) is 2.88. The Hall–Kier alpha value is -2.83. The molecule has 2 aliphatic rings. The van der Waals surface area contributed by atoms with E-state index < -0.39 is 0 Å². The van der Waals surface area contributed by atoms with E-state index in [9.17, 15) is 9.59 Å². The van der Waals surface area contributed by atoms with E-state index in [1.54, 1.807) is 24.7 Å². The van der Waals surface area contributed by atoms with Crippen LogP contribution in [-0.4, -0.2) is 31.8 Å². The maximum atomic E-state index is 12.5. The Labute approximate surface area is 139 Å². The highest BCUT2D eigenvalue weighted by molar-refractivity contribution is 6.06. The van der Waals surface area contributed by atoms with E-state index in [2.05, 4.69) is 20.4 Å². The van der Waals surface area contributed by atoms with Crippen LogP contribution in [-0.2, 0) is 9.59 Å². The maximum absolute atomic E-state index is 12.5. The molecule has 2 amide bonds. The molecule has 7 heteroatoms. The number of carbonyl (C=O) groups is 2. The van der Waals surface area contributed by atoms with Crippen LogP contribution in [0, 0.1) is 11.8 Å². The molecule has 1 saturated carbocycles. The fraction of sp³-hybridized carbons (Fsp3) is 0.353. The van der Waals surface area contributed by atoms with Crippen molar-refractivity contribution in [3.8, 4) is 11.3 Å². The number of hydrogen-bond donors (Lipinski definition) is 1. The summed E-state index contributed by atoms with van der Waals surface area (Å²) in [7, 11) is 0. The van der Waals surface area contributed by atoms with Crippen molar-refractivity contribution in [1.82, 2.24) is 20.0 Å². The van der Waals surface area contributed by atoms with Crippen molar-refractivity contribution < 1.29 is 9.59 Å². The molecule has 2 atom stereocenters. The molecular weight excluding hydrogens is 306 g/mol. The van der Waals surface area contributed by atoms with Gasteiger partial charge < -0.3 is 0 Å². The van der Waals surface area contributed by atoms with Gasteiger partial charge >= 0.3 is 0 Å². The van der Waals surface area contributed by atoms with Crippen LogP contribution >= 0.6 is 0 Å². The number of hydrazine groups is 1. The van der Waals surface area contributed by atoms with Gasteiger partial charge in [-0.2, -0.15) is 5.01 Å². The number of rotatable bonds is 3. The maximum Gasteiger partial charge on any atom is 0.252 e. The second-order valence-electron chi connectivity index (χ2n) is 6.13. The average molecular weight is 323 g/mol. The van der Waals surface area contributed by atoms with E-state index >= 15 is 0 Å². The van der Waals surface area contributed by atoms with Crippen molar-refractivity contribution in [3.05, 3.63) is 36.8 Å². The van der Waals surface area contributed by atoms with Gasteiger partial charge in [-0.25, -0.2) is 9.97 Å². The smallest absolute Gasteiger partial charge is 0.252 e. The Morgan fingerprint density at radius 2 is 1.79 bits per heavy atom. The zero-order chi connectivity index (χ0) is 16.5. The number of fused-ring (bicyclic) bond motifs is 1. The molecule has 0 aromatic carbocycles. The van der Waals surface area contributed by atoms with Gasteiger partial charge in [0.2, 0.25) is 5.95 Å². The van der Waals surface area contributed by atoms with Gasteiger partial charge in [-0.05, 0) is 31.0 Å². The highest BCUT2D eigenvalue weighted by Gasteiger charge is 2.48. The van der Waals surface area contributed by atoms with Crippen LogP contribution in [0.3, 0.4) is 0 Å². The van der Waals surface area contributed by atoms with E-state index in [1.807, 2.05) is 12.1 Å². The van der Waals surface area contributed by atoms with Gasteiger partial charge in [-0.3, -0.25) is 20.0 Å². The fourth-order valence-electron chi connectivity index (χ4n) is 3.46. The summed E-state index contributed by atoms with van der Waals surface area (Å²) in [6.07, 6.45) is 8.55. The lowest BCUT2D eigenvalue weighted by molar-refractivity contribution is -0.138. The largest absolute Gasteiger partial charge is 0.272 e. The van der Waals surface area contributed by atoms with Crippen molar-refractivity contribution in [3.63, 3.8) is 0 Å². The number of carbonyl (C=O) groups excluding carboxylic acids is 2. The van der Waals surface area contributed by atoms with E-state index in [-0.39, 0.29) is 29.6 Å². The highest BCUT2D eigenvalue weighted by atomic mass is 16.2. The molecule has 1 aliphatic carbocycles. The quantitative estimate of drug-likeness (QED) is 0.870. The van der Waals surface area contributed by atoms with Crippen LogP contribution in [0.15, 0.2) is 36.8 Å². The first-order chi connectivity index (χ1) is 11.7. The molecular formula is C17H17N5O2. The molecule has 122 valence electrons. The molecule has 2 aromatic rings. The Kier molecular flexibility index (Phi) is 3.68. The third-order valence-corrected chi connectivity index (χ3v) is 4.67. The van der Waals surface area contributed by atoms with Gasteiger partial charge in [0.1, 0.15) is 0 Å². The minimum absolute atomic E-state index is 0.167. The fourth-order valence-corrected chi connectivity index (χ4v) is 3.46. The van der Waals surface area contributed by atoms with E-state index in [4.69, 9.17) is 0 Å². The van der Waals surface area contributed by atoms with E-state index in [0.717, 1.165) is 36.3 Å². The number of hydrogen-bond acceptors (Lipinski definition) is 6. The lowest BCUT2D eigenvalue weighted by Crippen LogP contribution is -2.37. The summed E-state index contributed by atoms with van der Waals surface area (Å²) in [5.41, 5.74) is 4.32. The van der Waals surface area contributed by atoms with Crippen molar-refractivity contribution in [1.29, 1.82) is 0 Å². The zero-order valence-electron chi connectivity index (χ0n) is 13.1. The van der Waals surface area contributed by atoms with Gasteiger partial charge in [0.05, 0.1) is 17.5 Å². The molecule has 7 nitrogen and oxygen atoms in total. The van der Waals surface area contributed by atoms with Crippen LogP contribution in [0.1, 0.15) is 25.7 Å². The molecule has 4 rings (SSSR count). The molecule has 2 aromatic heterocycles. The van der Waals surface area contributed by atoms with Gasteiger partial charge in [0.15, 0.2) is 0 Å². The van der Waals surface area contributed by atoms with E-state index in [1.165, 1.54) is 0 Å². The van der Waals surface area contributed by atoms with E-state index in [0.29, 0.717) is 5.69 Å². The summed E-state index contributed by atoms with van der Waals surface area (Å²) < 4.78 is 0. The molecule has 0 spiro atoms. The second-order valence-corrected chi connectivity index (χ2v) is 6.13. The van der Waals surface area contributed by atoms with Gasteiger partial charge in [0.25, 0.3) is 11.8 Å². The predicted molar refractivity (Wildman–Crippen MR) is 86.2 cm³/mol. The highest BCUT2D eigenvalue weighted by Crippen LogP contribution is 2.37. The van der Waals surface area contributed by atoms with Crippen molar-refractivity contribution in [2.45, 2.75) is 25.7 Å². The van der Waals surface area contributed by atoms with Gasteiger partial charge in [-0.1, -0.05) is 12.8 Å². The number of pyridine rings is 1. The van der Waals surface area contributed by atoms with Crippen LogP contribution in [0.4, 0.5) is 5.95 Å². The predicted octanol–water partition coefficient (Wildman–Crippen LogP) is 2.04. The summed E-state index contributed by atoms with van der Waals surface area (Å²) in [5, 5.41) is 1.10. The van der Waals surface area contributed by atoms with Crippen molar-refractivity contribution in [2.24, 2.45) is 11.8 Å². The number of nitrogens with one attached hydrogen (secondary N) is 1. The SMILES string of the molecule is O=C1[C@H]2CCCC[C@@H]2C(=O)N1Nc1nccc(-c2cccnc2)n1. The second kappa shape index (κ2) is 5.99. The number of imide groups is 1. The first-order valence-electron chi connectivity index (χ1n) is 8.12. The molecule has 0 bridgehead atoms. The molecule has 1 aliphatic heterocycles. The number of nitrogens with zero attached hydrogens (tertiary/aromatic N) is 4. The molecule has 0 unspecified atom stereocenters. The van der Waals surface area contributed by atoms with Crippen LogP contribution in [0.2, 0.25) is 0 Å². The minimum atomic E-state index is -0.194. The van der Waals surface area contributed by atoms with Crippen LogP contribution in [0.5, 0.6) is 0 Å². The van der Waals surface area contributed by atoms with Crippen LogP contribution < -0.4 is 5.43 Å². The molecule has 0 radical (unpaired) electrons. The Morgan fingerprint density at radius 3 is 2.46 bits per heavy atom. The molecule has 1 saturated heterocycles. The molecule has 3 heterocycles. The standard InChI is InChI=1S/C17H17N5O2/c23-15-12-5-1-2-6-13(12)16(24)22(15)21-17-19-9-7-14(20-17)11-4-3-8-18-10-11/h3-4,7-10,12-13H,1-2,5-6H2,(H,19,20,21)/t12-,13-/m0/s1. The number of aromatic nitrogens is 3. The minimum Gasteiger partial charge on any atom is -0.272 e. The first-order valence-corrected chi connectivity index (χ1v) is 8.12. The van der Waals surface area contributed by atoms with Crippen molar-refractivity contribution in [2.75, 3.05) is 5.43 Å². The molecule has 24 heavy (non-hydrogen) atoms. The zero-order valence-corrected chi connectivity index (χ0v) is 13.1.